The van der Waals surface area contributed by atoms with E-state index in [0.717, 1.165) is 17.0 Å². The molecule has 0 fully saturated rings. The summed E-state index contributed by atoms with van der Waals surface area (Å²) in [7, 11) is 4.34. The molecule has 0 spiro atoms. The van der Waals surface area contributed by atoms with Gasteiger partial charge in [0.1, 0.15) is 23.9 Å². The van der Waals surface area contributed by atoms with Gasteiger partial charge in [-0.3, -0.25) is 4.90 Å². The van der Waals surface area contributed by atoms with E-state index < -0.39 is 29.8 Å². The van der Waals surface area contributed by atoms with Crippen LogP contribution in [0.2, 0.25) is 0 Å². The van der Waals surface area contributed by atoms with Crippen LogP contribution in [0.3, 0.4) is 0 Å². The van der Waals surface area contributed by atoms with Crippen molar-refractivity contribution < 1.29 is 41.7 Å². The molecule has 0 saturated heterocycles. The second kappa shape index (κ2) is 10.6. The number of methoxy groups -OCH3 is 2. The van der Waals surface area contributed by atoms with E-state index in [1.807, 2.05) is 0 Å². The lowest BCUT2D eigenvalue weighted by molar-refractivity contribution is -0.139. The minimum atomic E-state index is -4.55. The topological polar surface area (TPSA) is 86.3 Å². The van der Waals surface area contributed by atoms with Crippen LogP contribution in [-0.2, 0) is 15.7 Å². The van der Waals surface area contributed by atoms with Crippen molar-refractivity contribution in [3.63, 3.8) is 0 Å². The number of nitrogens with one attached hydrogen (secondary N) is 1. The number of likely N-dealkylation sites (N-methyl/N-ethyl adjacent to an activating group) is 1. The number of nitrogens with zero attached hydrogens (tertiary/aromatic N) is 1. The number of halogens is 3. The highest BCUT2D eigenvalue weighted by Crippen LogP contribution is 2.36. The molecule has 0 bridgehead atoms. The van der Waals surface area contributed by atoms with E-state index in [9.17, 15) is 22.8 Å². The molecule has 2 aromatic rings. The number of hydrogen-bond donors (Lipinski definition) is 1. The monoisotopic (exact) mass is 494 g/mol. The van der Waals surface area contributed by atoms with Gasteiger partial charge in [0.15, 0.2) is 0 Å². The zero-order chi connectivity index (χ0) is 25.8. The maximum Gasteiger partial charge on any atom is 0.416 e. The quantitative estimate of drug-likeness (QED) is 0.551. The Hall–Kier alpha value is -3.89. The number of carbonyl (C=O) groups excluding carboxylic acids is 2. The molecule has 1 atom stereocenters. The molecule has 1 N–H and O–H groups in total. The maximum atomic E-state index is 13.1. The summed E-state index contributed by atoms with van der Waals surface area (Å²) in [5.74, 6) is 0.0679. The molecule has 188 valence electrons. The summed E-state index contributed by atoms with van der Waals surface area (Å²) >= 11 is 0. The summed E-state index contributed by atoms with van der Waals surface area (Å²) in [5, 5.41) is 2.74. The van der Waals surface area contributed by atoms with Gasteiger partial charge in [-0.05, 0) is 42.8 Å². The molecule has 35 heavy (non-hydrogen) atoms. The van der Waals surface area contributed by atoms with E-state index in [4.69, 9.17) is 18.9 Å². The summed E-state index contributed by atoms with van der Waals surface area (Å²) in [6.45, 7) is 1.33. The number of ether oxygens (including phenoxy) is 4. The van der Waals surface area contributed by atoms with E-state index in [1.54, 1.807) is 25.1 Å². The number of hydrogen-bond acceptors (Lipinski definition) is 6. The molecule has 0 aromatic heterocycles. The number of carbonyl (C=O) groups is 2. The van der Waals surface area contributed by atoms with Crippen molar-refractivity contribution in [2.75, 3.05) is 34.5 Å². The average molecular weight is 494 g/mol. The molecule has 1 heterocycles. The third-order valence-electron chi connectivity index (χ3n) is 5.32. The Labute approximate surface area is 200 Å². The Morgan fingerprint density at radius 1 is 1.06 bits per heavy atom. The number of amides is 2. The van der Waals surface area contributed by atoms with Crippen LogP contribution < -0.4 is 19.5 Å². The molecule has 0 unspecified atom stereocenters. The number of alkyl halides is 3. The summed E-state index contributed by atoms with van der Waals surface area (Å²) in [6, 6.07) is 7.71. The molecular weight excluding hydrogens is 469 g/mol. The standard InChI is InChI=1S/C24H25F3N2O6/c1-5-34-22(30)20-19(13-35-16-8-6-7-15(11-16)24(25,26)27)29(2)23(31)28-21(20)14-9-17(32-3)12-18(10-14)33-4/h6-12,21H,5,13H2,1-4H3,(H,28,31)/t21-/m1/s1. The van der Waals surface area contributed by atoms with Crippen LogP contribution in [0.5, 0.6) is 17.2 Å². The lowest BCUT2D eigenvalue weighted by Crippen LogP contribution is -2.48. The largest absolute Gasteiger partial charge is 0.497 e. The first-order valence-electron chi connectivity index (χ1n) is 10.6. The van der Waals surface area contributed by atoms with Crippen molar-refractivity contribution in [3.05, 3.63) is 64.9 Å². The van der Waals surface area contributed by atoms with Gasteiger partial charge < -0.3 is 24.3 Å². The number of benzene rings is 2. The molecule has 1 aliphatic rings. The minimum Gasteiger partial charge on any atom is -0.497 e. The predicted octanol–water partition coefficient (Wildman–Crippen LogP) is 4.31. The van der Waals surface area contributed by atoms with Gasteiger partial charge >= 0.3 is 18.2 Å². The summed E-state index contributed by atoms with van der Waals surface area (Å²) in [6.07, 6.45) is -4.55. The van der Waals surface area contributed by atoms with E-state index in [2.05, 4.69) is 5.32 Å². The first-order valence-corrected chi connectivity index (χ1v) is 10.6. The van der Waals surface area contributed by atoms with Crippen LogP contribution in [0, 0.1) is 0 Å². The van der Waals surface area contributed by atoms with Crippen molar-refractivity contribution in [1.82, 2.24) is 10.2 Å². The van der Waals surface area contributed by atoms with E-state index in [1.165, 1.54) is 33.4 Å². The zero-order valence-corrected chi connectivity index (χ0v) is 19.6. The number of esters is 1. The highest BCUT2D eigenvalue weighted by atomic mass is 19.4. The SMILES string of the molecule is CCOC(=O)C1=C(COc2cccc(C(F)(F)F)c2)N(C)C(=O)N[C@@H]1c1cc(OC)cc(OC)c1. The summed E-state index contributed by atoms with van der Waals surface area (Å²) in [4.78, 5) is 27.0. The zero-order valence-electron chi connectivity index (χ0n) is 19.6. The lowest BCUT2D eigenvalue weighted by atomic mass is 9.94. The first kappa shape index (κ1) is 25.7. The molecule has 0 saturated carbocycles. The molecule has 2 amide bonds. The maximum absolute atomic E-state index is 13.1. The fourth-order valence-electron chi connectivity index (χ4n) is 3.54. The van der Waals surface area contributed by atoms with Gasteiger partial charge in [0, 0.05) is 13.1 Å². The van der Waals surface area contributed by atoms with Gasteiger partial charge in [0.25, 0.3) is 0 Å². The number of urea groups is 1. The fourth-order valence-corrected chi connectivity index (χ4v) is 3.54. The van der Waals surface area contributed by atoms with Crippen molar-refractivity contribution in [1.29, 1.82) is 0 Å². The third-order valence-corrected chi connectivity index (χ3v) is 5.32. The highest BCUT2D eigenvalue weighted by Gasteiger charge is 2.38. The third kappa shape index (κ3) is 5.79. The Morgan fingerprint density at radius 3 is 2.29 bits per heavy atom. The smallest absolute Gasteiger partial charge is 0.416 e. The molecule has 2 aromatic carbocycles. The predicted molar refractivity (Wildman–Crippen MR) is 119 cm³/mol. The Kier molecular flexibility index (Phi) is 7.78. The lowest BCUT2D eigenvalue weighted by Gasteiger charge is -2.34. The molecule has 1 aliphatic heterocycles. The van der Waals surface area contributed by atoms with E-state index >= 15 is 0 Å². The van der Waals surface area contributed by atoms with Gasteiger partial charge in [-0.15, -0.1) is 0 Å². The van der Waals surface area contributed by atoms with Gasteiger partial charge in [-0.25, -0.2) is 9.59 Å². The Morgan fingerprint density at radius 2 is 1.71 bits per heavy atom. The highest BCUT2D eigenvalue weighted by molar-refractivity contribution is 5.95. The Bertz CT molecular complexity index is 1110. The van der Waals surface area contributed by atoms with Crippen LogP contribution in [0.25, 0.3) is 0 Å². The molecule has 8 nitrogen and oxygen atoms in total. The molecule has 11 heteroatoms. The number of rotatable bonds is 8. The first-order chi connectivity index (χ1) is 16.6. The summed E-state index contributed by atoms with van der Waals surface area (Å²) in [5.41, 5.74) is -0.208. The van der Waals surface area contributed by atoms with Crippen LogP contribution in [0.4, 0.5) is 18.0 Å². The van der Waals surface area contributed by atoms with Gasteiger partial charge in [0.05, 0.1) is 43.7 Å². The fraction of sp³-hybridized carbons (Fsp3) is 0.333. The molecular formula is C24H25F3N2O6. The molecule has 0 aliphatic carbocycles. The second-order valence-electron chi connectivity index (χ2n) is 7.48. The molecule has 3 rings (SSSR count). The Balaban J connectivity index is 2.07. The van der Waals surface area contributed by atoms with E-state index in [-0.39, 0.29) is 30.2 Å². The average Bonchev–Trinajstić information content (AvgIpc) is 2.83. The van der Waals surface area contributed by atoms with Gasteiger partial charge in [-0.1, -0.05) is 6.07 Å². The van der Waals surface area contributed by atoms with E-state index in [0.29, 0.717) is 17.1 Å². The van der Waals surface area contributed by atoms with Gasteiger partial charge in [-0.2, -0.15) is 13.2 Å². The second-order valence-corrected chi connectivity index (χ2v) is 7.48. The summed E-state index contributed by atoms with van der Waals surface area (Å²) < 4.78 is 60.7. The van der Waals surface area contributed by atoms with Crippen molar-refractivity contribution in [2.24, 2.45) is 0 Å². The van der Waals surface area contributed by atoms with Crippen molar-refractivity contribution >= 4 is 12.0 Å². The minimum absolute atomic E-state index is 0.0654. The van der Waals surface area contributed by atoms with Crippen LogP contribution >= 0.6 is 0 Å². The van der Waals surface area contributed by atoms with Crippen LogP contribution in [0.1, 0.15) is 24.1 Å². The van der Waals surface area contributed by atoms with Gasteiger partial charge in [0.2, 0.25) is 0 Å². The van der Waals surface area contributed by atoms with Crippen LogP contribution in [0.15, 0.2) is 53.7 Å². The van der Waals surface area contributed by atoms with Crippen molar-refractivity contribution in [2.45, 2.75) is 19.1 Å². The normalized spacial score (nSPS) is 16.0. The van der Waals surface area contributed by atoms with Crippen molar-refractivity contribution in [3.8, 4) is 17.2 Å². The van der Waals surface area contributed by atoms with Crippen LogP contribution in [-0.4, -0.2) is 51.4 Å². The molecule has 0 radical (unpaired) electrons.